The molecule has 2 rings (SSSR count). The number of piperidine rings is 1. The van der Waals surface area contributed by atoms with Crippen molar-refractivity contribution >= 4 is 6.09 Å². The summed E-state index contributed by atoms with van der Waals surface area (Å²) in [5, 5.41) is 9.27. The van der Waals surface area contributed by atoms with Crippen LogP contribution < -0.4 is 0 Å². The molecule has 2 atom stereocenters. The van der Waals surface area contributed by atoms with Crippen molar-refractivity contribution in [2.75, 3.05) is 19.7 Å². The summed E-state index contributed by atoms with van der Waals surface area (Å²) in [4.78, 5) is 13.6. The van der Waals surface area contributed by atoms with E-state index in [4.69, 9.17) is 4.74 Å². The predicted molar refractivity (Wildman–Crippen MR) is 60.0 cm³/mol. The molecule has 4 heteroatoms. The Hall–Kier alpha value is -0.770. The summed E-state index contributed by atoms with van der Waals surface area (Å²) in [5.41, 5.74) is -0.287. The molecule has 1 N–H and O–H groups in total. The van der Waals surface area contributed by atoms with Crippen LogP contribution in [0.5, 0.6) is 0 Å². The predicted octanol–water partition coefficient (Wildman–Crippen LogP) is 1.63. The van der Waals surface area contributed by atoms with Crippen molar-refractivity contribution in [1.29, 1.82) is 0 Å². The number of rotatable bonds is 1. The van der Waals surface area contributed by atoms with E-state index >= 15 is 0 Å². The molecule has 1 amide bonds. The average molecular weight is 227 g/mol. The molecule has 0 spiro atoms. The standard InChI is InChI=1S/C12H21NO3/c1-11(2,3)16-10(15)13-5-4-12(8-14)6-9(12)7-13/h9,14H,4-8H2,1-3H3. The number of hydrogen-bond acceptors (Lipinski definition) is 3. The Labute approximate surface area is 96.6 Å². The molecule has 1 aliphatic carbocycles. The van der Waals surface area contributed by atoms with E-state index in [1.165, 1.54) is 0 Å². The molecule has 0 aromatic carbocycles. The van der Waals surface area contributed by atoms with E-state index in [1.54, 1.807) is 4.90 Å². The normalized spacial score (nSPS) is 33.2. The van der Waals surface area contributed by atoms with Gasteiger partial charge in [-0.05, 0) is 39.5 Å². The van der Waals surface area contributed by atoms with E-state index in [0.717, 1.165) is 19.4 Å². The smallest absolute Gasteiger partial charge is 0.410 e. The first-order chi connectivity index (χ1) is 7.36. The monoisotopic (exact) mass is 227 g/mol. The van der Waals surface area contributed by atoms with Crippen LogP contribution in [-0.2, 0) is 4.74 Å². The van der Waals surface area contributed by atoms with Crippen molar-refractivity contribution in [2.45, 2.75) is 39.2 Å². The Morgan fingerprint density at radius 3 is 2.75 bits per heavy atom. The fourth-order valence-electron chi connectivity index (χ4n) is 2.48. The molecular weight excluding hydrogens is 206 g/mol. The minimum absolute atomic E-state index is 0.137. The third-order valence-corrected chi connectivity index (χ3v) is 3.65. The third-order valence-electron chi connectivity index (χ3n) is 3.65. The number of fused-ring (bicyclic) bond motifs is 1. The molecular formula is C12H21NO3. The summed E-state index contributed by atoms with van der Waals surface area (Å²) in [7, 11) is 0. The van der Waals surface area contributed by atoms with Gasteiger partial charge in [-0.25, -0.2) is 4.79 Å². The van der Waals surface area contributed by atoms with Crippen molar-refractivity contribution in [3.63, 3.8) is 0 Å². The number of likely N-dealkylation sites (tertiary alicyclic amines) is 1. The molecule has 1 aliphatic heterocycles. The van der Waals surface area contributed by atoms with Crippen LogP contribution in [0.1, 0.15) is 33.6 Å². The van der Waals surface area contributed by atoms with Gasteiger partial charge in [-0.15, -0.1) is 0 Å². The lowest BCUT2D eigenvalue weighted by molar-refractivity contribution is 0.0149. The third kappa shape index (κ3) is 2.17. The quantitative estimate of drug-likeness (QED) is 0.740. The molecule has 4 nitrogen and oxygen atoms in total. The van der Waals surface area contributed by atoms with Gasteiger partial charge < -0.3 is 14.7 Å². The van der Waals surface area contributed by atoms with Crippen LogP contribution in [0.25, 0.3) is 0 Å². The molecule has 0 bridgehead atoms. The maximum Gasteiger partial charge on any atom is 0.410 e. The molecule has 92 valence electrons. The van der Waals surface area contributed by atoms with Crippen LogP contribution in [-0.4, -0.2) is 41.4 Å². The van der Waals surface area contributed by atoms with Crippen molar-refractivity contribution in [1.82, 2.24) is 4.90 Å². The Morgan fingerprint density at radius 1 is 1.56 bits per heavy atom. The number of ether oxygens (including phenoxy) is 1. The first-order valence-corrected chi connectivity index (χ1v) is 5.95. The van der Waals surface area contributed by atoms with Gasteiger partial charge in [-0.1, -0.05) is 0 Å². The maximum atomic E-state index is 11.8. The summed E-state index contributed by atoms with van der Waals surface area (Å²) in [5.74, 6) is 0.485. The van der Waals surface area contributed by atoms with Gasteiger partial charge in [0.2, 0.25) is 0 Å². The zero-order chi connectivity index (χ0) is 12.0. The Bertz CT molecular complexity index is 297. The van der Waals surface area contributed by atoms with E-state index in [1.807, 2.05) is 20.8 Å². The molecule has 1 saturated heterocycles. The van der Waals surface area contributed by atoms with E-state index in [-0.39, 0.29) is 18.1 Å². The van der Waals surface area contributed by atoms with Crippen molar-refractivity contribution in [3.05, 3.63) is 0 Å². The van der Waals surface area contributed by atoms with Crippen molar-refractivity contribution in [3.8, 4) is 0 Å². The van der Waals surface area contributed by atoms with Crippen LogP contribution in [0.15, 0.2) is 0 Å². The van der Waals surface area contributed by atoms with Gasteiger partial charge in [-0.3, -0.25) is 0 Å². The molecule has 0 aromatic rings. The number of carbonyl (C=O) groups is 1. The van der Waals surface area contributed by atoms with E-state index < -0.39 is 5.60 Å². The second-order valence-electron chi connectivity index (χ2n) is 6.10. The molecule has 16 heavy (non-hydrogen) atoms. The van der Waals surface area contributed by atoms with Gasteiger partial charge in [0, 0.05) is 25.1 Å². The summed E-state index contributed by atoms with van der Waals surface area (Å²) in [6.07, 6.45) is 1.75. The van der Waals surface area contributed by atoms with Gasteiger partial charge >= 0.3 is 6.09 Å². The summed E-state index contributed by atoms with van der Waals surface area (Å²) >= 11 is 0. The number of aliphatic hydroxyl groups is 1. The molecule has 1 saturated carbocycles. The number of amides is 1. The van der Waals surface area contributed by atoms with E-state index in [0.29, 0.717) is 12.5 Å². The molecule has 2 fully saturated rings. The van der Waals surface area contributed by atoms with Crippen LogP contribution in [0.4, 0.5) is 4.79 Å². The van der Waals surface area contributed by atoms with Gasteiger partial charge in [0.25, 0.3) is 0 Å². The highest BCUT2D eigenvalue weighted by molar-refractivity contribution is 5.68. The first kappa shape index (κ1) is 11.7. The topological polar surface area (TPSA) is 49.8 Å². The largest absolute Gasteiger partial charge is 0.444 e. The Kier molecular flexibility index (Phi) is 2.65. The second kappa shape index (κ2) is 3.62. The Morgan fingerprint density at radius 2 is 2.25 bits per heavy atom. The number of aliphatic hydroxyl groups excluding tert-OH is 1. The highest BCUT2D eigenvalue weighted by Crippen LogP contribution is 2.57. The van der Waals surface area contributed by atoms with Gasteiger partial charge in [-0.2, -0.15) is 0 Å². The molecule has 2 aliphatic rings. The lowest BCUT2D eigenvalue weighted by atomic mass is 9.96. The summed E-state index contributed by atoms with van der Waals surface area (Å²) < 4.78 is 5.34. The highest BCUT2D eigenvalue weighted by atomic mass is 16.6. The van der Waals surface area contributed by atoms with Crippen molar-refractivity contribution < 1.29 is 14.6 Å². The zero-order valence-corrected chi connectivity index (χ0v) is 10.3. The average Bonchev–Trinajstić information content (AvgIpc) is 2.88. The Balaban J connectivity index is 1.87. The van der Waals surface area contributed by atoms with E-state index in [9.17, 15) is 9.90 Å². The number of carbonyl (C=O) groups excluding carboxylic acids is 1. The fourth-order valence-corrected chi connectivity index (χ4v) is 2.48. The minimum atomic E-state index is -0.424. The van der Waals surface area contributed by atoms with Gasteiger partial charge in [0.05, 0.1) is 0 Å². The first-order valence-electron chi connectivity index (χ1n) is 5.95. The summed E-state index contributed by atoms with van der Waals surface area (Å²) in [6, 6.07) is 0. The van der Waals surface area contributed by atoms with Crippen molar-refractivity contribution in [2.24, 2.45) is 11.3 Å². The fraction of sp³-hybridized carbons (Fsp3) is 0.917. The van der Waals surface area contributed by atoms with E-state index in [2.05, 4.69) is 0 Å². The lowest BCUT2D eigenvalue weighted by Crippen LogP contribution is -2.42. The lowest BCUT2D eigenvalue weighted by Gasteiger charge is -2.32. The molecule has 0 aromatic heterocycles. The molecule has 2 unspecified atom stereocenters. The molecule has 0 radical (unpaired) electrons. The minimum Gasteiger partial charge on any atom is -0.444 e. The van der Waals surface area contributed by atoms with Gasteiger partial charge in [0.15, 0.2) is 0 Å². The highest BCUT2D eigenvalue weighted by Gasteiger charge is 2.56. The van der Waals surface area contributed by atoms with Gasteiger partial charge in [0.1, 0.15) is 5.60 Å². The second-order valence-corrected chi connectivity index (χ2v) is 6.10. The van der Waals surface area contributed by atoms with Crippen LogP contribution >= 0.6 is 0 Å². The SMILES string of the molecule is CC(C)(C)OC(=O)N1CCC2(CO)CC2C1. The van der Waals surface area contributed by atoms with Crippen LogP contribution in [0.2, 0.25) is 0 Å². The van der Waals surface area contributed by atoms with Crippen LogP contribution in [0.3, 0.4) is 0 Å². The molecule has 1 heterocycles. The summed E-state index contributed by atoms with van der Waals surface area (Å²) in [6.45, 7) is 7.36. The maximum absolute atomic E-state index is 11.8. The number of hydrogen-bond donors (Lipinski definition) is 1. The van der Waals surface area contributed by atoms with Crippen LogP contribution in [0, 0.1) is 11.3 Å². The zero-order valence-electron chi connectivity index (χ0n) is 10.3. The number of nitrogens with zero attached hydrogens (tertiary/aromatic N) is 1.